The van der Waals surface area contributed by atoms with E-state index in [9.17, 15) is 19.5 Å². The Labute approximate surface area is 251 Å². The second kappa shape index (κ2) is 9.93. The summed E-state index contributed by atoms with van der Waals surface area (Å²) in [5.74, 6) is -0.886. The predicted molar refractivity (Wildman–Crippen MR) is 163 cm³/mol. The van der Waals surface area contributed by atoms with Crippen molar-refractivity contribution in [3.8, 4) is 0 Å². The van der Waals surface area contributed by atoms with Gasteiger partial charge in [0, 0.05) is 16.4 Å². The zero-order chi connectivity index (χ0) is 31.0. The summed E-state index contributed by atoms with van der Waals surface area (Å²) in [6.45, 7) is 14.2. The Balaban J connectivity index is 1.45. The number of nitrogens with two attached hydrogens (primary N) is 1. The molecule has 0 aromatic rings. The van der Waals surface area contributed by atoms with Crippen molar-refractivity contribution in [2.45, 2.75) is 99.0 Å². The van der Waals surface area contributed by atoms with E-state index in [1.165, 1.54) is 5.57 Å². The van der Waals surface area contributed by atoms with Crippen molar-refractivity contribution >= 4 is 17.7 Å². The molecule has 7 nitrogen and oxygen atoms in total. The molecule has 0 heterocycles. The molecule has 0 spiro atoms. The number of fused-ring (bicyclic) bond motifs is 7. The standard InChI is InChI=1S/C35H50N2O5/c1-21-22-9-10-26-33(4,23(22)17-25(38)29(21)40)14-16-35(6)27-19-31(2,11-12-32(27,3)13-15-34(26,35)5)20-42-30(41)24(37(7)8)18-28(36)39/h9-10,17,24,27,40H,11-16,18-20H2,1-8H3,(H2,36,39)/t24?,27-,31-,32+,33+,34-,35+/m1/s1. The quantitative estimate of drug-likeness (QED) is 0.376. The summed E-state index contributed by atoms with van der Waals surface area (Å²) in [5.41, 5.74) is 9.34. The topological polar surface area (TPSA) is 110 Å². The number of ketones is 1. The van der Waals surface area contributed by atoms with Crippen LogP contribution in [0, 0.1) is 33.0 Å². The summed E-state index contributed by atoms with van der Waals surface area (Å²) in [5, 5.41) is 10.4. The molecule has 3 fully saturated rings. The Morgan fingerprint density at radius 3 is 2.36 bits per heavy atom. The van der Waals surface area contributed by atoms with Crippen LogP contribution in [0.2, 0.25) is 0 Å². The molecule has 5 aliphatic carbocycles. The molecule has 0 aromatic heterocycles. The third-order valence-electron chi connectivity index (χ3n) is 12.8. The van der Waals surface area contributed by atoms with Crippen LogP contribution < -0.4 is 5.73 Å². The highest BCUT2D eigenvalue weighted by atomic mass is 16.5. The van der Waals surface area contributed by atoms with Crippen LogP contribution in [-0.2, 0) is 19.1 Å². The van der Waals surface area contributed by atoms with Gasteiger partial charge < -0.3 is 15.6 Å². The molecule has 0 bridgehead atoms. The summed E-state index contributed by atoms with van der Waals surface area (Å²) < 4.78 is 5.93. The van der Waals surface area contributed by atoms with Gasteiger partial charge in [0.15, 0.2) is 5.76 Å². The minimum Gasteiger partial charge on any atom is -0.504 e. The molecule has 0 aliphatic heterocycles. The maximum Gasteiger partial charge on any atom is 0.323 e. The lowest BCUT2D eigenvalue weighted by atomic mass is 9.34. The van der Waals surface area contributed by atoms with Gasteiger partial charge in [-0.25, -0.2) is 0 Å². The summed E-state index contributed by atoms with van der Waals surface area (Å²) in [7, 11) is 3.53. The SMILES string of the molecule is CC1=C(O)C(=O)C=C2C1=CC=C1[C@@]2(C)CC[C@@]2(C)[C@@H]3C[C@](C)(COC(=O)C(CC(N)=O)N(C)C)CC[C@@]3(C)CC[C@]12C. The number of carbonyl (C=O) groups is 3. The molecule has 230 valence electrons. The van der Waals surface area contributed by atoms with Crippen LogP contribution in [0.25, 0.3) is 0 Å². The van der Waals surface area contributed by atoms with Crippen molar-refractivity contribution in [1.29, 1.82) is 0 Å². The number of rotatable bonds is 6. The van der Waals surface area contributed by atoms with Crippen molar-refractivity contribution in [3.63, 3.8) is 0 Å². The van der Waals surface area contributed by atoms with E-state index in [-0.39, 0.29) is 51.0 Å². The lowest BCUT2D eigenvalue weighted by Gasteiger charge is -2.70. The van der Waals surface area contributed by atoms with Gasteiger partial charge in [0.2, 0.25) is 11.7 Å². The highest BCUT2D eigenvalue weighted by Gasteiger charge is 2.66. The van der Waals surface area contributed by atoms with Crippen molar-refractivity contribution < 1.29 is 24.2 Å². The maximum absolute atomic E-state index is 13.0. The summed E-state index contributed by atoms with van der Waals surface area (Å²) >= 11 is 0. The molecule has 5 aliphatic rings. The van der Waals surface area contributed by atoms with Gasteiger partial charge in [0.25, 0.3) is 0 Å². The minimum absolute atomic E-state index is 0.0345. The molecule has 0 saturated heterocycles. The number of allylic oxidation sites excluding steroid dienone is 7. The number of nitrogens with zero attached hydrogens (tertiary/aromatic N) is 1. The molecule has 42 heavy (non-hydrogen) atoms. The number of esters is 1. The highest BCUT2D eigenvalue weighted by Crippen LogP contribution is 2.75. The fourth-order valence-corrected chi connectivity index (χ4v) is 9.66. The van der Waals surface area contributed by atoms with Gasteiger partial charge in [-0.15, -0.1) is 0 Å². The van der Waals surface area contributed by atoms with E-state index in [0.717, 1.165) is 56.1 Å². The first-order valence-electron chi connectivity index (χ1n) is 15.6. The van der Waals surface area contributed by atoms with Gasteiger partial charge in [0.05, 0.1) is 13.0 Å². The normalized spacial score (nSPS) is 40.1. The van der Waals surface area contributed by atoms with E-state index in [1.54, 1.807) is 25.1 Å². The number of carbonyl (C=O) groups excluding carboxylic acids is 3. The van der Waals surface area contributed by atoms with Crippen LogP contribution in [0.1, 0.15) is 92.9 Å². The summed E-state index contributed by atoms with van der Waals surface area (Å²) in [4.78, 5) is 39.1. The molecular formula is C35H50N2O5. The van der Waals surface area contributed by atoms with E-state index in [0.29, 0.717) is 18.1 Å². The lowest BCUT2D eigenvalue weighted by molar-refractivity contribution is -0.175. The first kappa shape index (κ1) is 30.8. The van der Waals surface area contributed by atoms with E-state index in [4.69, 9.17) is 10.5 Å². The number of aliphatic hydroxyl groups excluding tert-OH is 1. The Bertz CT molecular complexity index is 1350. The molecule has 0 radical (unpaired) electrons. The third-order valence-corrected chi connectivity index (χ3v) is 12.8. The average Bonchev–Trinajstić information content (AvgIpc) is 2.92. The first-order valence-corrected chi connectivity index (χ1v) is 15.6. The Hall–Kier alpha value is -2.67. The molecule has 5 rings (SSSR count). The predicted octanol–water partition coefficient (Wildman–Crippen LogP) is 5.96. The fourth-order valence-electron chi connectivity index (χ4n) is 9.66. The number of ether oxygens (including phenoxy) is 1. The third kappa shape index (κ3) is 4.44. The summed E-state index contributed by atoms with van der Waals surface area (Å²) in [6, 6.07) is -0.677. The van der Waals surface area contributed by atoms with Crippen LogP contribution in [0.15, 0.2) is 46.3 Å². The number of amides is 1. The Kier molecular flexibility index (Phi) is 7.28. The summed E-state index contributed by atoms with van der Waals surface area (Å²) in [6.07, 6.45) is 13.4. The smallest absolute Gasteiger partial charge is 0.323 e. The minimum atomic E-state index is -0.677. The van der Waals surface area contributed by atoms with Crippen LogP contribution in [-0.4, -0.2) is 54.4 Å². The fraction of sp³-hybridized carbons (Fsp3) is 0.686. The Morgan fingerprint density at radius 2 is 1.71 bits per heavy atom. The van der Waals surface area contributed by atoms with Gasteiger partial charge in [-0.2, -0.15) is 0 Å². The number of hydrogen-bond donors (Lipinski definition) is 2. The second-order valence-electron chi connectivity index (χ2n) is 15.6. The van der Waals surface area contributed by atoms with E-state index in [2.05, 4.69) is 46.8 Å². The van der Waals surface area contributed by atoms with Gasteiger partial charge in [-0.3, -0.25) is 19.3 Å². The highest BCUT2D eigenvalue weighted by molar-refractivity contribution is 6.06. The first-order chi connectivity index (χ1) is 19.4. The van der Waals surface area contributed by atoms with Crippen molar-refractivity contribution in [1.82, 2.24) is 4.90 Å². The van der Waals surface area contributed by atoms with Crippen molar-refractivity contribution in [2.75, 3.05) is 20.7 Å². The van der Waals surface area contributed by atoms with Crippen molar-refractivity contribution in [2.24, 2.45) is 38.7 Å². The maximum atomic E-state index is 13.0. The molecule has 3 N–H and O–H groups in total. The van der Waals surface area contributed by atoms with Gasteiger partial charge in [-0.05, 0) is 105 Å². The molecule has 3 saturated carbocycles. The lowest BCUT2D eigenvalue weighted by Crippen LogP contribution is -2.62. The molecular weight excluding hydrogens is 528 g/mol. The largest absolute Gasteiger partial charge is 0.504 e. The molecule has 1 unspecified atom stereocenters. The van der Waals surface area contributed by atoms with Crippen LogP contribution >= 0.6 is 0 Å². The van der Waals surface area contributed by atoms with Crippen LogP contribution in [0.3, 0.4) is 0 Å². The van der Waals surface area contributed by atoms with E-state index < -0.39 is 11.9 Å². The molecule has 0 aromatic carbocycles. The monoisotopic (exact) mass is 578 g/mol. The number of hydrogen-bond acceptors (Lipinski definition) is 6. The molecule has 7 heteroatoms. The number of likely N-dealkylation sites (N-methyl/N-ethyl adjacent to an activating group) is 1. The number of primary amides is 1. The van der Waals surface area contributed by atoms with E-state index in [1.807, 2.05) is 6.92 Å². The van der Waals surface area contributed by atoms with Gasteiger partial charge >= 0.3 is 5.97 Å². The van der Waals surface area contributed by atoms with Crippen LogP contribution in [0.5, 0.6) is 0 Å². The zero-order valence-corrected chi connectivity index (χ0v) is 26.9. The van der Waals surface area contributed by atoms with Gasteiger partial charge in [0.1, 0.15) is 6.04 Å². The van der Waals surface area contributed by atoms with Gasteiger partial charge in [-0.1, -0.05) is 52.3 Å². The molecule has 1 amide bonds. The van der Waals surface area contributed by atoms with Crippen molar-refractivity contribution in [3.05, 3.63) is 46.3 Å². The van der Waals surface area contributed by atoms with Crippen LogP contribution in [0.4, 0.5) is 0 Å². The second-order valence-corrected chi connectivity index (χ2v) is 15.6. The zero-order valence-electron chi connectivity index (χ0n) is 26.9. The molecule has 7 atom stereocenters. The van der Waals surface area contributed by atoms with E-state index >= 15 is 0 Å². The Morgan fingerprint density at radius 1 is 1.05 bits per heavy atom. The average molecular weight is 579 g/mol. The number of aliphatic hydroxyl groups is 1.